The number of rotatable bonds is 4. The number of ether oxygens (including phenoxy) is 1. The second-order valence-corrected chi connectivity index (χ2v) is 6.63. The van der Waals surface area contributed by atoms with E-state index in [1.165, 1.54) is 12.1 Å². The maximum Gasteiger partial charge on any atom is 0.573 e. The minimum Gasteiger partial charge on any atom is -0.406 e. The molecule has 1 atom stereocenters. The molecule has 0 saturated carbocycles. The summed E-state index contributed by atoms with van der Waals surface area (Å²) in [5.41, 5.74) is 3.13. The van der Waals surface area contributed by atoms with E-state index < -0.39 is 6.36 Å². The third-order valence-electron chi connectivity index (χ3n) is 4.84. The van der Waals surface area contributed by atoms with E-state index in [1.54, 1.807) is 12.1 Å². The van der Waals surface area contributed by atoms with Gasteiger partial charge < -0.3 is 15.0 Å². The molecule has 1 aromatic heterocycles. The van der Waals surface area contributed by atoms with Crippen molar-refractivity contribution < 1.29 is 17.9 Å². The number of benzene rings is 2. The van der Waals surface area contributed by atoms with Crippen LogP contribution in [0.1, 0.15) is 17.2 Å². The summed E-state index contributed by atoms with van der Waals surface area (Å²) in [5.74, 6) is -0.202. The standard InChI is InChI=1S/C20H20F3N3O/c21-20(22,23)27-17-4-1-14(2-5-17)19(26-11-9-24-10-12-26)16-3-6-18-15(13-16)7-8-25-18/h1-8,13,19,24-25H,9-12H2/t19-/m1/s1. The Morgan fingerprint density at radius 2 is 1.63 bits per heavy atom. The van der Waals surface area contributed by atoms with Crippen LogP contribution >= 0.6 is 0 Å². The molecular formula is C20H20F3N3O. The second-order valence-electron chi connectivity index (χ2n) is 6.63. The second kappa shape index (κ2) is 7.25. The number of aromatic nitrogens is 1. The van der Waals surface area contributed by atoms with Crippen LogP contribution in [0.25, 0.3) is 10.9 Å². The monoisotopic (exact) mass is 375 g/mol. The van der Waals surface area contributed by atoms with Crippen molar-refractivity contribution >= 4 is 10.9 Å². The Labute approximate surface area is 154 Å². The third-order valence-corrected chi connectivity index (χ3v) is 4.84. The summed E-state index contributed by atoms with van der Waals surface area (Å²) < 4.78 is 41.3. The highest BCUT2D eigenvalue weighted by molar-refractivity contribution is 5.80. The summed E-state index contributed by atoms with van der Waals surface area (Å²) in [6.45, 7) is 3.52. The van der Waals surface area contributed by atoms with Crippen LogP contribution in [-0.4, -0.2) is 42.4 Å². The molecule has 7 heteroatoms. The van der Waals surface area contributed by atoms with Crippen LogP contribution in [0, 0.1) is 0 Å². The first-order valence-corrected chi connectivity index (χ1v) is 8.87. The van der Waals surface area contributed by atoms with Crippen LogP contribution in [-0.2, 0) is 0 Å². The number of nitrogens with one attached hydrogen (secondary N) is 2. The molecule has 0 bridgehead atoms. The molecule has 1 aliphatic heterocycles. The lowest BCUT2D eigenvalue weighted by Gasteiger charge is -2.35. The van der Waals surface area contributed by atoms with Gasteiger partial charge in [-0.3, -0.25) is 4.90 Å². The highest BCUT2D eigenvalue weighted by Crippen LogP contribution is 2.32. The molecule has 142 valence electrons. The molecule has 4 rings (SSSR count). The van der Waals surface area contributed by atoms with Gasteiger partial charge in [-0.15, -0.1) is 13.2 Å². The lowest BCUT2D eigenvalue weighted by atomic mass is 9.95. The Kier molecular flexibility index (Phi) is 4.80. The number of aromatic amines is 1. The molecule has 2 heterocycles. The zero-order valence-corrected chi connectivity index (χ0v) is 14.6. The van der Waals surface area contributed by atoms with E-state index >= 15 is 0 Å². The fourth-order valence-electron chi connectivity index (χ4n) is 3.65. The van der Waals surface area contributed by atoms with Crippen LogP contribution in [0.3, 0.4) is 0 Å². The number of piperazine rings is 1. The number of hydrogen-bond donors (Lipinski definition) is 2. The van der Waals surface area contributed by atoms with Gasteiger partial charge >= 0.3 is 6.36 Å². The first-order valence-electron chi connectivity index (χ1n) is 8.87. The molecule has 27 heavy (non-hydrogen) atoms. The maximum atomic E-state index is 12.4. The van der Waals surface area contributed by atoms with E-state index in [1.807, 2.05) is 18.3 Å². The molecule has 0 unspecified atom stereocenters. The molecular weight excluding hydrogens is 355 g/mol. The summed E-state index contributed by atoms with van der Waals surface area (Å²) in [6, 6.07) is 14.5. The van der Waals surface area contributed by atoms with Crippen molar-refractivity contribution in [2.75, 3.05) is 26.2 Å². The summed E-state index contributed by atoms with van der Waals surface area (Å²) in [7, 11) is 0. The van der Waals surface area contributed by atoms with Crippen molar-refractivity contribution in [3.8, 4) is 5.75 Å². The Morgan fingerprint density at radius 1 is 0.926 bits per heavy atom. The van der Waals surface area contributed by atoms with Crippen molar-refractivity contribution in [1.29, 1.82) is 0 Å². The van der Waals surface area contributed by atoms with Gasteiger partial charge in [-0.1, -0.05) is 18.2 Å². The zero-order chi connectivity index (χ0) is 18.9. The van der Waals surface area contributed by atoms with Crippen LogP contribution < -0.4 is 10.1 Å². The van der Waals surface area contributed by atoms with E-state index in [0.29, 0.717) is 0 Å². The minimum atomic E-state index is -4.68. The van der Waals surface area contributed by atoms with Crippen molar-refractivity contribution in [3.05, 3.63) is 65.9 Å². The summed E-state index contributed by atoms with van der Waals surface area (Å²) >= 11 is 0. The van der Waals surface area contributed by atoms with Gasteiger partial charge in [-0.25, -0.2) is 0 Å². The Bertz CT molecular complexity index is 899. The van der Waals surface area contributed by atoms with Gasteiger partial charge in [0.1, 0.15) is 5.75 Å². The predicted octanol–water partition coefficient (Wildman–Crippen LogP) is 4.06. The molecule has 2 N–H and O–H groups in total. The van der Waals surface area contributed by atoms with E-state index in [4.69, 9.17) is 0 Å². The van der Waals surface area contributed by atoms with Crippen LogP contribution in [0.5, 0.6) is 5.75 Å². The smallest absolute Gasteiger partial charge is 0.406 e. The van der Waals surface area contributed by atoms with Crippen LogP contribution in [0.4, 0.5) is 13.2 Å². The summed E-state index contributed by atoms with van der Waals surface area (Å²) in [6.07, 6.45) is -2.78. The Hall–Kier alpha value is -2.51. The lowest BCUT2D eigenvalue weighted by molar-refractivity contribution is -0.274. The molecule has 0 aliphatic carbocycles. The highest BCUT2D eigenvalue weighted by Gasteiger charge is 2.31. The number of nitrogens with zero attached hydrogens (tertiary/aromatic N) is 1. The van der Waals surface area contributed by atoms with E-state index in [9.17, 15) is 13.2 Å². The molecule has 0 amide bonds. The van der Waals surface area contributed by atoms with Gasteiger partial charge in [0.05, 0.1) is 6.04 Å². The largest absolute Gasteiger partial charge is 0.573 e. The average Bonchev–Trinajstić information content (AvgIpc) is 3.11. The number of hydrogen-bond acceptors (Lipinski definition) is 3. The fraction of sp³-hybridized carbons (Fsp3) is 0.300. The van der Waals surface area contributed by atoms with Crippen molar-refractivity contribution in [2.45, 2.75) is 12.4 Å². The third kappa shape index (κ3) is 4.09. The molecule has 0 spiro atoms. The minimum absolute atomic E-state index is 0.0219. The first-order chi connectivity index (χ1) is 13.0. The Balaban J connectivity index is 1.69. The summed E-state index contributed by atoms with van der Waals surface area (Å²) in [4.78, 5) is 5.54. The lowest BCUT2D eigenvalue weighted by Crippen LogP contribution is -2.45. The molecule has 2 aromatic carbocycles. The fourth-order valence-corrected chi connectivity index (χ4v) is 3.65. The van der Waals surface area contributed by atoms with E-state index in [-0.39, 0.29) is 11.8 Å². The number of fused-ring (bicyclic) bond motifs is 1. The quantitative estimate of drug-likeness (QED) is 0.723. The average molecular weight is 375 g/mol. The SMILES string of the molecule is FC(F)(F)Oc1ccc([C@H](c2ccc3[nH]ccc3c2)N2CCNCC2)cc1. The normalized spacial score (nSPS) is 17.1. The highest BCUT2D eigenvalue weighted by atomic mass is 19.4. The van der Waals surface area contributed by atoms with Crippen molar-refractivity contribution in [1.82, 2.24) is 15.2 Å². The molecule has 3 aromatic rings. The van der Waals surface area contributed by atoms with Gasteiger partial charge in [0, 0.05) is 37.9 Å². The van der Waals surface area contributed by atoms with Gasteiger partial charge in [0.15, 0.2) is 0 Å². The van der Waals surface area contributed by atoms with Crippen molar-refractivity contribution in [3.63, 3.8) is 0 Å². The molecule has 1 fully saturated rings. The number of alkyl halides is 3. The number of halogens is 3. The van der Waals surface area contributed by atoms with E-state index in [2.05, 4.69) is 32.1 Å². The molecule has 1 aliphatic rings. The van der Waals surface area contributed by atoms with Crippen LogP contribution in [0.15, 0.2) is 54.7 Å². The topological polar surface area (TPSA) is 40.3 Å². The van der Waals surface area contributed by atoms with Gasteiger partial charge in [-0.2, -0.15) is 0 Å². The zero-order valence-electron chi connectivity index (χ0n) is 14.6. The van der Waals surface area contributed by atoms with Gasteiger partial charge in [0.2, 0.25) is 0 Å². The van der Waals surface area contributed by atoms with Gasteiger partial charge in [0.25, 0.3) is 0 Å². The molecule has 1 saturated heterocycles. The molecule has 0 radical (unpaired) electrons. The first kappa shape index (κ1) is 17.9. The maximum absolute atomic E-state index is 12.4. The predicted molar refractivity (Wildman–Crippen MR) is 97.7 cm³/mol. The van der Waals surface area contributed by atoms with E-state index in [0.717, 1.165) is 48.2 Å². The van der Waals surface area contributed by atoms with Gasteiger partial charge in [-0.05, 0) is 46.8 Å². The van der Waals surface area contributed by atoms with Crippen molar-refractivity contribution in [2.24, 2.45) is 0 Å². The number of H-pyrrole nitrogens is 1. The summed E-state index contributed by atoms with van der Waals surface area (Å²) in [5, 5.41) is 4.46. The Morgan fingerprint density at radius 3 is 2.33 bits per heavy atom. The van der Waals surface area contributed by atoms with Crippen LogP contribution in [0.2, 0.25) is 0 Å². The molecule has 4 nitrogen and oxygen atoms in total.